The van der Waals surface area contributed by atoms with Gasteiger partial charge in [-0.15, -0.1) is 0 Å². The number of rotatable bonds is 5. The van der Waals surface area contributed by atoms with Gasteiger partial charge in [0.2, 0.25) is 0 Å². The summed E-state index contributed by atoms with van der Waals surface area (Å²) in [5, 5.41) is 18.0. The molecule has 0 aliphatic rings. The molecule has 2 aromatic carbocycles. The van der Waals surface area contributed by atoms with Crippen molar-refractivity contribution in [1.82, 2.24) is 9.78 Å². The summed E-state index contributed by atoms with van der Waals surface area (Å²) >= 11 is 3.39. The number of carbonyl (C=O) groups excluding carboxylic acids is 1. The predicted octanol–water partition coefficient (Wildman–Crippen LogP) is 4.16. The molecule has 0 unspecified atom stereocenters. The smallest absolute Gasteiger partial charge is 0.273 e. The fourth-order valence-corrected chi connectivity index (χ4v) is 2.73. The molecule has 0 fully saturated rings. The number of amides is 1. The summed E-state index contributed by atoms with van der Waals surface area (Å²) in [6.07, 6.45) is 1.59. The van der Waals surface area contributed by atoms with Crippen molar-refractivity contribution < 1.29 is 9.72 Å². The Morgan fingerprint density at radius 3 is 2.65 bits per heavy atom. The van der Waals surface area contributed by atoms with Gasteiger partial charge in [0, 0.05) is 27.7 Å². The van der Waals surface area contributed by atoms with Gasteiger partial charge in [-0.25, -0.2) is 4.68 Å². The largest absolute Gasteiger partial charge is 0.307 e. The van der Waals surface area contributed by atoms with Gasteiger partial charge in [0.1, 0.15) is 5.82 Å². The Bertz CT molecular complexity index is 967. The van der Waals surface area contributed by atoms with Gasteiger partial charge in [0.05, 0.1) is 17.7 Å². The minimum absolute atomic E-state index is 0.0824. The maximum atomic E-state index is 12.5. The molecule has 3 rings (SSSR count). The number of aryl methyl sites for hydroxylation is 1. The normalized spacial score (nSPS) is 10.5. The number of aromatic nitrogens is 2. The van der Waals surface area contributed by atoms with Crippen molar-refractivity contribution >= 4 is 33.3 Å². The monoisotopic (exact) mass is 414 g/mol. The maximum absolute atomic E-state index is 12.5. The summed E-state index contributed by atoms with van der Waals surface area (Å²) in [5.74, 6) is 0.0896. The second-order valence-electron chi connectivity index (χ2n) is 5.71. The van der Waals surface area contributed by atoms with Crippen molar-refractivity contribution in [2.45, 2.75) is 13.5 Å². The number of anilines is 1. The molecule has 7 nitrogen and oxygen atoms in total. The third-order valence-electron chi connectivity index (χ3n) is 3.87. The van der Waals surface area contributed by atoms with Gasteiger partial charge in [-0.05, 0) is 30.7 Å². The molecule has 26 heavy (non-hydrogen) atoms. The lowest BCUT2D eigenvalue weighted by Crippen LogP contribution is -2.16. The number of nitro groups is 1. The van der Waals surface area contributed by atoms with Crippen LogP contribution < -0.4 is 5.32 Å². The topological polar surface area (TPSA) is 90.1 Å². The number of hydrogen-bond acceptors (Lipinski definition) is 4. The molecule has 8 heteroatoms. The van der Waals surface area contributed by atoms with E-state index in [9.17, 15) is 14.9 Å². The molecule has 1 heterocycles. The molecule has 0 aliphatic carbocycles. The highest BCUT2D eigenvalue weighted by Gasteiger charge is 2.16. The van der Waals surface area contributed by atoms with E-state index < -0.39 is 10.8 Å². The van der Waals surface area contributed by atoms with Crippen LogP contribution >= 0.6 is 15.9 Å². The third-order valence-corrected chi connectivity index (χ3v) is 4.40. The van der Waals surface area contributed by atoms with Crippen LogP contribution in [0.3, 0.4) is 0 Å². The van der Waals surface area contributed by atoms with E-state index in [2.05, 4.69) is 26.3 Å². The molecule has 0 radical (unpaired) electrons. The molecular formula is C18H15BrN4O3. The van der Waals surface area contributed by atoms with E-state index in [0.717, 1.165) is 10.0 Å². The van der Waals surface area contributed by atoms with Gasteiger partial charge in [0.25, 0.3) is 11.6 Å². The number of nitro benzene ring substituents is 1. The number of halogens is 1. The summed E-state index contributed by atoms with van der Waals surface area (Å²) in [7, 11) is 0. The molecule has 0 saturated carbocycles. The Labute approximate surface area is 157 Å². The van der Waals surface area contributed by atoms with Crippen LogP contribution in [0.5, 0.6) is 0 Å². The summed E-state index contributed by atoms with van der Waals surface area (Å²) < 4.78 is 2.64. The lowest BCUT2D eigenvalue weighted by molar-refractivity contribution is -0.385. The summed E-state index contributed by atoms with van der Waals surface area (Å²) in [4.78, 5) is 23.0. The van der Waals surface area contributed by atoms with Crippen LogP contribution in [-0.4, -0.2) is 20.6 Å². The van der Waals surface area contributed by atoms with Crippen LogP contribution in [0.2, 0.25) is 0 Å². The zero-order valence-corrected chi connectivity index (χ0v) is 15.4. The van der Waals surface area contributed by atoms with E-state index in [1.807, 2.05) is 24.3 Å². The molecule has 0 saturated heterocycles. The molecule has 0 aliphatic heterocycles. The quantitative estimate of drug-likeness (QED) is 0.501. The number of carbonyl (C=O) groups is 1. The van der Waals surface area contributed by atoms with Crippen LogP contribution in [0, 0.1) is 17.0 Å². The Hall–Kier alpha value is -3.00. The first-order valence-corrected chi connectivity index (χ1v) is 8.56. The first-order chi connectivity index (χ1) is 12.4. The number of benzene rings is 2. The van der Waals surface area contributed by atoms with Gasteiger partial charge in [0.15, 0.2) is 0 Å². The van der Waals surface area contributed by atoms with Crippen molar-refractivity contribution in [3.8, 4) is 0 Å². The second-order valence-corrected chi connectivity index (χ2v) is 6.63. The lowest BCUT2D eigenvalue weighted by atomic mass is 10.1. The molecular weight excluding hydrogens is 400 g/mol. The van der Waals surface area contributed by atoms with E-state index in [1.165, 1.54) is 6.07 Å². The Balaban J connectivity index is 1.78. The van der Waals surface area contributed by atoms with E-state index in [-0.39, 0.29) is 11.3 Å². The van der Waals surface area contributed by atoms with Gasteiger partial charge in [-0.2, -0.15) is 5.10 Å². The van der Waals surface area contributed by atoms with Crippen molar-refractivity contribution in [3.63, 3.8) is 0 Å². The molecule has 0 spiro atoms. The highest BCUT2D eigenvalue weighted by Crippen LogP contribution is 2.20. The average Bonchev–Trinajstić information content (AvgIpc) is 3.03. The van der Waals surface area contributed by atoms with Crippen molar-refractivity contribution in [1.29, 1.82) is 0 Å². The molecule has 0 bridgehead atoms. The number of nitrogens with zero attached hydrogens (tertiary/aromatic N) is 3. The van der Waals surface area contributed by atoms with E-state index in [1.54, 1.807) is 36.0 Å². The molecule has 132 valence electrons. The zero-order chi connectivity index (χ0) is 18.7. The van der Waals surface area contributed by atoms with Crippen molar-refractivity contribution in [2.75, 3.05) is 5.32 Å². The number of nitrogens with one attached hydrogen (secondary N) is 1. The first-order valence-electron chi connectivity index (χ1n) is 7.76. The number of hydrogen-bond donors (Lipinski definition) is 1. The van der Waals surface area contributed by atoms with Gasteiger partial charge >= 0.3 is 0 Å². The SMILES string of the molecule is Cc1ccc(C(=O)Nc2ccnn2Cc2ccc(Br)cc2)cc1[N+](=O)[O-]. The minimum atomic E-state index is -0.496. The van der Waals surface area contributed by atoms with Crippen LogP contribution in [0.1, 0.15) is 21.5 Å². The standard InChI is InChI=1S/C18H15BrN4O3/c1-12-2-5-14(10-16(12)23(25)26)18(24)21-17-8-9-20-22(17)11-13-3-6-15(19)7-4-13/h2-10H,11H2,1H3,(H,21,24). The fraction of sp³-hybridized carbons (Fsp3) is 0.111. The predicted molar refractivity (Wildman–Crippen MR) is 101 cm³/mol. The lowest BCUT2D eigenvalue weighted by Gasteiger charge is -2.10. The van der Waals surface area contributed by atoms with Gasteiger partial charge < -0.3 is 5.32 Å². The van der Waals surface area contributed by atoms with E-state index in [4.69, 9.17) is 0 Å². The third kappa shape index (κ3) is 3.97. The average molecular weight is 415 g/mol. The Morgan fingerprint density at radius 2 is 1.96 bits per heavy atom. The molecule has 1 aromatic heterocycles. The zero-order valence-electron chi connectivity index (χ0n) is 13.8. The van der Waals surface area contributed by atoms with Crippen LogP contribution in [0.15, 0.2) is 59.2 Å². The van der Waals surface area contributed by atoms with Crippen molar-refractivity contribution in [2.24, 2.45) is 0 Å². The van der Waals surface area contributed by atoms with Crippen molar-refractivity contribution in [3.05, 3.63) is 86.0 Å². The van der Waals surface area contributed by atoms with E-state index >= 15 is 0 Å². The summed E-state index contributed by atoms with van der Waals surface area (Å²) in [5.41, 5.74) is 1.67. The molecule has 1 amide bonds. The minimum Gasteiger partial charge on any atom is -0.307 e. The molecule has 3 aromatic rings. The van der Waals surface area contributed by atoms with E-state index in [0.29, 0.717) is 17.9 Å². The van der Waals surface area contributed by atoms with Crippen LogP contribution in [-0.2, 0) is 6.54 Å². The Kier molecular flexibility index (Phi) is 5.13. The summed E-state index contributed by atoms with van der Waals surface area (Å²) in [6, 6.07) is 13.9. The highest BCUT2D eigenvalue weighted by atomic mass is 79.9. The molecule has 0 atom stereocenters. The summed E-state index contributed by atoms with van der Waals surface area (Å²) in [6.45, 7) is 2.12. The van der Waals surface area contributed by atoms with Crippen LogP contribution in [0.4, 0.5) is 11.5 Å². The highest BCUT2D eigenvalue weighted by molar-refractivity contribution is 9.10. The maximum Gasteiger partial charge on any atom is 0.273 e. The second kappa shape index (κ2) is 7.49. The van der Waals surface area contributed by atoms with Crippen LogP contribution in [0.25, 0.3) is 0 Å². The van der Waals surface area contributed by atoms with Gasteiger partial charge in [-0.3, -0.25) is 14.9 Å². The Morgan fingerprint density at radius 1 is 1.23 bits per heavy atom. The molecule has 1 N–H and O–H groups in total. The first kappa shape index (κ1) is 17.8. The van der Waals surface area contributed by atoms with Gasteiger partial charge in [-0.1, -0.05) is 34.1 Å². The fourth-order valence-electron chi connectivity index (χ4n) is 2.46.